The Labute approximate surface area is 182 Å². The van der Waals surface area contributed by atoms with E-state index in [0.717, 1.165) is 10.2 Å². The first-order valence-electron chi connectivity index (χ1n) is 9.22. The Hall–Kier alpha value is -3.85. The van der Waals surface area contributed by atoms with Gasteiger partial charge in [0.25, 0.3) is 5.91 Å². The van der Waals surface area contributed by atoms with E-state index in [2.05, 4.69) is 10.1 Å². The molecule has 0 fully saturated rings. The van der Waals surface area contributed by atoms with Crippen molar-refractivity contribution in [2.45, 2.75) is 0 Å². The van der Waals surface area contributed by atoms with Crippen LogP contribution in [0.2, 0.25) is 0 Å². The van der Waals surface area contributed by atoms with Crippen molar-refractivity contribution in [3.8, 4) is 17.2 Å². The van der Waals surface area contributed by atoms with E-state index in [4.69, 9.17) is 18.6 Å². The zero-order valence-corrected chi connectivity index (χ0v) is 17.9. The molecule has 8 nitrogen and oxygen atoms in total. The first kappa shape index (κ1) is 20.4. The summed E-state index contributed by atoms with van der Waals surface area (Å²) >= 11 is 1.32. The number of fused-ring (bicyclic) bond motifs is 1. The number of hydrogen-bond donors (Lipinski definition) is 0. The predicted octanol–water partition coefficient (Wildman–Crippen LogP) is 4.60. The lowest BCUT2D eigenvalue weighted by molar-refractivity contribution is 0.0984. The van der Waals surface area contributed by atoms with E-state index in [9.17, 15) is 4.79 Å². The first-order chi connectivity index (χ1) is 15.1. The van der Waals surface area contributed by atoms with Crippen molar-refractivity contribution >= 4 is 38.8 Å². The van der Waals surface area contributed by atoms with Crippen LogP contribution in [0.1, 0.15) is 16.1 Å². The summed E-state index contributed by atoms with van der Waals surface area (Å²) in [7, 11) is 4.59. The summed E-state index contributed by atoms with van der Waals surface area (Å²) in [5.41, 5.74) is 1.01. The summed E-state index contributed by atoms with van der Waals surface area (Å²) < 4.78 is 22.2. The van der Waals surface area contributed by atoms with Crippen LogP contribution in [0.5, 0.6) is 17.2 Å². The van der Waals surface area contributed by atoms with E-state index in [0.29, 0.717) is 28.1 Å². The van der Waals surface area contributed by atoms with E-state index in [1.807, 2.05) is 18.2 Å². The number of carbonyl (C=O) groups excluding carboxylic acids is 1. The van der Waals surface area contributed by atoms with Crippen LogP contribution in [0.3, 0.4) is 0 Å². The standard InChI is InChI=1S/C22H19N3O5S/c1-27-14-9-10-17-19(12-14)31-22(24-17)25(23-13-15-6-5-11-30-15)21(26)16-7-4-8-18(28-2)20(16)29-3/h4-13H,1-3H3/b23-13+. The molecule has 0 atom stereocenters. The summed E-state index contributed by atoms with van der Waals surface area (Å²) in [4.78, 5) is 18.1. The van der Waals surface area contributed by atoms with Crippen molar-refractivity contribution in [3.63, 3.8) is 0 Å². The van der Waals surface area contributed by atoms with Crippen LogP contribution in [-0.4, -0.2) is 38.4 Å². The van der Waals surface area contributed by atoms with Gasteiger partial charge in [-0.1, -0.05) is 17.4 Å². The molecule has 0 radical (unpaired) electrons. The number of methoxy groups -OCH3 is 3. The van der Waals surface area contributed by atoms with Crippen molar-refractivity contribution in [1.29, 1.82) is 0 Å². The normalized spacial score (nSPS) is 11.1. The summed E-state index contributed by atoms with van der Waals surface area (Å²) in [5.74, 6) is 1.53. The zero-order valence-electron chi connectivity index (χ0n) is 17.1. The lowest BCUT2D eigenvalue weighted by Crippen LogP contribution is -2.26. The minimum Gasteiger partial charge on any atom is -0.497 e. The summed E-state index contributed by atoms with van der Waals surface area (Å²) in [6, 6.07) is 14.1. The number of nitrogens with zero attached hydrogens (tertiary/aromatic N) is 3. The highest BCUT2D eigenvalue weighted by atomic mass is 32.1. The molecule has 0 aliphatic carbocycles. The Balaban J connectivity index is 1.81. The molecule has 0 aliphatic heterocycles. The van der Waals surface area contributed by atoms with Gasteiger partial charge in [-0.2, -0.15) is 10.1 Å². The molecule has 1 amide bonds. The maximum Gasteiger partial charge on any atom is 0.284 e. The van der Waals surface area contributed by atoms with E-state index in [1.165, 1.54) is 43.0 Å². The third kappa shape index (κ3) is 4.08. The minimum atomic E-state index is -0.426. The molecule has 0 aliphatic rings. The number of hydrazone groups is 1. The van der Waals surface area contributed by atoms with Crippen LogP contribution in [0.4, 0.5) is 5.13 Å². The summed E-state index contributed by atoms with van der Waals surface area (Å²) in [5, 5.41) is 5.98. The van der Waals surface area contributed by atoms with Gasteiger partial charge in [-0.25, -0.2) is 4.98 Å². The Bertz CT molecular complexity index is 1230. The van der Waals surface area contributed by atoms with Gasteiger partial charge in [-0.3, -0.25) is 4.79 Å². The fourth-order valence-corrected chi connectivity index (χ4v) is 3.90. The van der Waals surface area contributed by atoms with Crippen LogP contribution in [0.25, 0.3) is 10.2 Å². The number of furan rings is 1. The molecule has 4 rings (SSSR count). The molecule has 9 heteroatoms. The van der Waals surface area contributed by atoms with Crippen LogP contribution >= 0.6 is 11.3 Å². The highest BCUT2D eigenvalue weighted by Crippen LogP contribution is 2.35. The number of benzene rings is 2. The van der Waals surface area contributed by atoms with Crippen LogP contribution in [0.15, 0.2) is 64.3 Å². The number of thiazole rings is 1. The number of rotatable bonds is 7. The molecule has 2 heterocycles. The lowest BCUT2D eigenvalue weighted by atomic mass is 10.1. The molecule has 0 saturated heterocycles. The van der Waals surface area contributed by atoms with E-state index in [-0.39, 0.29) is 5.56 Å². The molecule has 2 aromatic carbocycles. The second-order valence-corrected chi connectivity index (χ2v) is 7.26. The Morgan fingerprint density at radius 2 is 1.97 bits per heavy atom. The van der Waals surface area contributed by atoms with E-state index >= 15 is 0 Å². The molecular weight excluding hydrogens is 418 g/mol. The average molecular weight is 437 g/mol. The fraction of sp³-hybridized carbons (Fsp3) is 0.136. The molecule has 31 heavy (non-hydrogen) atoms. The molecule has 0 saturated carbocycles. The van der Waals surface area contributed by atoms with Gasteiger partial charge in [-0.05, 0) is 42.5 Å². The van der Waals surface area contributed by atoms with Crippen molar-refractivity contribution in [1.82, 2.24) is 4.98 Å². The largest absolute Gasteiger partial charge is 0.497 e. The topological polar surface area (TPSA) is 86.4 Å². The number of ether oxygens (including phenoxy) is 3. The van der Waals surface area contributed by atoms with Gasteiger partial charge in [0.2, 0.25) is 5.13 Å². The average Bonchev–Trinajstić information content (AvgIpc) is 3.47. The van der Waals surface area contributed by atoms with Gasteiger partial charge in [0.05, 0.1) is 49.6 Å². The molecular formula is C22H19N3O5S. The van der Waals surface area contributed by atoms with Crippen molar-refractivity contribution in [2.75, 3.05) is 26.3 Å². The summed E-state index contributed by atoms with van der Waals surface area (Å²) in [6.45, 7) is 0. The van der Waals surface area contributed by atoms with Gasteiger partial charge < -0.3 is 18.6 Å². The monoisotopic (exact) mass is 437 g/mol. The molecule has 0 unspecified atom stereocenters. The fourth-order valence-electron chi connectivity index (χ4n) is 2.95. The van der Waals surface area contributed by atoms with Crippen molar-refractivity contribution < 1.29 is 23.4 Å². The number of amides is 1. The molecule has 0 spiro atoms. The lowest BCUT2D eigenvalue weighted by Gasteiger charge is -2.17. The minimum absolute atomic E-state index is 0.287. The second-order valence-electron chi connectivity index (χ2n) is 6.25. The molecule has 2 aromatic heterocycles. The zero-order chi connectivity index (χ0) is 21.8. The van der Waals surface area contributed by atoms with Gasteiger partial charge in [0, 0.05) is 0 Å². The Morgan fingerprint density at radius 1 is 1.10 bits per heavy atom. The predicted molar refractivity (Wildman–Crippen MR) is 119 cm³/mol. The van der Waals surface area contributed by atoms with Crippen LogP contribution in [-0.2, 0) is 0 Å². The van der Waals surface area contributed by atoms with E-state index in [1.54, 1.807) is 37.4 Å². The third-order valence-electron chi connectivity index (χ3n) is 4.43. The smallest absolute Gasteiger partial charge is 0.284 e. The van der Waals surface area contributed by atoms with Gasteiger partial charge >= 0.3 is 0 Å². The number of aromatic nitrogens is 1. The molecule has 4 aromatic rings. The first-order valence-corrected chi connectivity index (χ1v) is 10.0. The highest BCUT2D eigenvalue weighted by Gasteiger charge is 2.26. The van der Waals surface area contributed by atoms with Crippen LogP contribution in [0, 0.1) is 0 Å². The maximum absolute atomic E-state index is 13.5. The molecule has 158 valence electrons. The van der Waals surface area contributed by atoms with Gasteiger partial charge in [0.1, 0.15) is 11.5 Å². The number of carbonyl (C=O) groups is 1. The van der Waals surface area contributed by atoms with E-state index < -0.39 is 5.91 Å². The quantitative estimate of drug-likeness (QED) is 0.310. The van der Waals surface area contributed by atoms with Gasteiger partial charge in [0.15, 0.2) is 11.5 Å². The Morgan fingerprint density at radius 3 is 2.68 bits per heavy atom. The maximum atomic E-state index is 13.5. The van der Waals surface area contributed by atoms with Crippen molar-refractivity contribution in [3.05, 3.63) is 66.1 Å². The summed E-state index contributed by atoms with van der Waals surface area (Å²) in [6.07, 6.45) is 2.99. The number of anilines is 1. The Kier molecular flexibility index (Phi) is 5.85. The SMILES string of the molecule is COc1ccc2nc(N(/N=C/c3ccco3)C(=O)c3cccc(OC)c3OC)sc2c1. The number of hydrogen-bond acceptors (Lipinski definition) is 8. The number of para-hydroxylation sites is 1. The van der Waals surface area contributed by atoms with Crippen LogP contribution < -0.4 is 19.2 Å². The molecule has 0 N–H and O–H groups in total. The third-order valence-corrected chi connectivity index (χ3v) is 5.43. The second kappa shape index (κ2) is 8.88. The van der Waals surface area contributed by atoms with Gasteiger partial charge in [-0.15, -0.1) is 0 Å². The van der Waals surface area contributed by atoms with Crippen molar-refractivity contribution in [2.24, 2.45) is 5.10 Å². The highest BCUT2D eigenvalue weighted by molar-refractivity contribution is 7.22. The molecule has 0 bridgehead atoms.